The minimum Gasteiger partial charge on any atom is -0.496 e. The van der Waals surface area contributed by atoms with Crippen molar-refractivity contribution in [3.63, 3.8) is 0 Å². The summed E-state index contributed by atoms with van der Waals surface area (Å²) in [5, 5.41) is 2.90. The van der Waals surface area contributed by atoms with Crippen LogP contribution in [0.4, 0.5) is 4.39 Å². The van der Waals surface area contributed by atoms with Crippen LogP contribution in [0.25, 0.3) is 0 Å². The summed E-state index contributed by atoms with van der Waals surface area (Å²) in [6.07, 6.45) is 4.26. The van der Waals surface area contributed by atoms with Gasteiger partial charge in [-0.15, -0.1) is 0 Å². The van der Waals surface area contributed by atoms with Gasteiger partial charge in [0.25, 0.3) is 0 Å². The number of carbonyl (C=O) groups excluding carboxylic acids is 1. The predicted octanol–water partition coefficient (Wildman–Crippen LogP) is 2.14. The number of halogens is 1. The summed E-state index contributed by atoms with van der Waals surface area (Å²) in [6, 6.07) is 4.31. The molecule has 1 fully saturated rings. The fourth-order valence-corrected chi connectivity index (χ4v) is 3.62. The summed E-state index contributed by atoms with van der Waals surface area (Å²) in [7, 11) is 0.0987. The summed E-state index contributed by atoms with van der Waals surface area (Å²) in [5.74, 6) is -0.0652. The number of nitrogens with one attached hydrogen (secondary N) is 1. The highest BCUT2D eigenvalue weighted by Gasteiger charge is 2.19. The fraction of sp³-hybridized carbons (Fsp3) is 0.533. The van der Waals surface area contributed by atoms with Crippen LogP contribution in [0.1, 0.15) is 31.2 Å². The van der Waals surface area contributed by atoms with Gasteiger partial charge in [0, 0.05) is 22.4 Å². The van der Waals surface area contributed by atoms with E-state index >= 15 is 0 Å². The highest BCUT2D eigenvalue weighted by molar-refractivity contribution is 7.84. The van der Waals surface area contributed by atoms with E-state index in [0.29, 0.717) is 11.3 Å². The van der Waals surface area contributed by atoms with E-state index in [0.717, 1.165) is 25.7 Å². The van der Waals surface area contributed by atoms with Gasteiger partial charge < -0.3 is 10.1 Å². The van der Waals surface area contributed by atoms with Gasteiger partial charge in [0.1, 0.15) is 17.3 Å². The monoisotopic (exact) mass is 313 g/mol. The molecule has 2 rings (SSSR count). The van der Waals surface area contributed by atoms with Crippen LogP contribution < -0.4 is 10.1 Å². The smallest absolute Gasteiger partial charge is 0.232 e. The van der Waals surface area contributed by atoms with Crippen molar-refractivity contribution >= 4 is 16.7 Å². The van der Waals surface area contributed by atoms with Crippen LogP contribution in [0, 0.1) is 5.82 Å². The summed E-state index contributed by atoms with van der Waals surface area (Å²) in [4.78, 5) is 11.8. The van der Waals surface area contributed by atoms with E-state index in [-0.39, 0.29) is 23.5 Å². The Labute approximate surface area is 126 Å². The van der Waals surface area contributed by atoms with Crippen LogP contribution >= 0.6 is 0 Å². The lowest BCUT2D eigenvalue weighted by molar-refractivity contribution is -0.119. The molecule has 1 aliphatic carbocycles. The van der Waals surface area contributed by atoms with Crippen molar-refractivity contribution in [2.75, 3.05) is 12.9 Å². The lowest BCUT2D eigenvalue weighted by Crippen LogP contribution is -2.35. The number of methoxy groups -OCH3 is 1. The number of benzene rings is 1. The fourth-order valence-electron chi connectivity index (χ4n) is 2.57. The van der Waals surface area contributed by atoms with Crippen LogP contribution in [0.15, 0.2) is 18.2 Å². The van der Waals surface area contributed by atoms with E-state index in [1.807, 2.05) is 0 Å². The molecule has 1 aliphatic rings. The average molecular weight is 313 g/mol. The van der Waals surface area contributed by atoms with E-state index in [1.165, 1.54) is 25.3 Å². The molecule has 0 radical (unpaired) electrons. The van der Waals surface area contributed by atoms with E-state index in [9.17, 15) is 13.4 Å². The van der Waals surface area contributed by atoms with Crippen molar-refractivity contribution in [2.45, 2.75) is 37.5 Å². The minimum atomic E-state index is -1.38. The zero-order valence-corrected chi connectivity index (χ0v) is 12.9. The van der Waals surface area contributed by atoms with Gasteiger partial charge in [0.05, 0.1) is 12.9 Å². The zero-order valence-electron chi connectivity index (χ0n) is 12.1. The molecule has 116 valence electrons. The molecule has 0 aromatic heterocycles. The van der Waals surface area contributed by atoms with Crippen molar-refractivity contribution in [1.82, 2.24) is 5.32 Å². The average Bonchev–Trinajstić information content (AvgIpc) is 2.91. The number of ether oxygens (including phenoxy) is 1. The summed E-state index contributed by atoms with van der Waals surface area (Å²) >= 11 is 0. The third-order valence-electron chi connectivity index (χ3n) is 3.57. The normalized spacial score (nSPS) is 16.7. The second-order valence-electron chi connectivity index (χ2n) is 5.23. The number of carbonyl (C=O) groups is 1. The van der Waals surface area contributed by atoms with E-state index < -0.39 is 16.6 Å². The zero-order chi connectivity index (χ0) is 15.2. The Kier molecular flexibility index (Phi) is 5.73. The molecule has 1 N–H and O–H groups in total. The van der Waals surface area contributed by atoms with Gasteiger partial charge in [0.15, 0.2) is 0 Å². The molecule has 0 spiro atoms. The molecule has 21 heavy (non-hydrogen) atoms. The summed E-state index contributed by atoms with van der Waals surface area (Å²) in [5.41, 5.74) is 0.518. The van der Waals surface area contributed by atoms with E-state index in [2.05, 4.69) is 5.32 Å². The Morgan fingerprint density at radius 3 is 2.81 bits per heavy atom. The third kappa shape index (κ3) is 4.81. The first kappa shape index (κ1) is 15.9. The minimum absolute atomic E-state index is 0.0594. The molecule has 1 aromatic rings. The Morgan fingerprint density at radius 2 is 2.14 bits per heavy atom. The standard InChI is InChI=1S/C15H20FNO3S/c1-20-14-7-6-12(16)8-11(14)9-21(19)10-15(18)17-13-4-2-3-5-13/h6-8,13H,2-5,9-10H2,1H3,(H,17,18)/t21-/m1/s1. The van der Waals surface area contributed by atoms with Crippen LogP contribution in [0.5, 0.6) is 5.75 Å². The molecule has 1 aromatic carbocycles. The van der Waals surface area contributed by atoms with Gasteiger partial charge in [-0.2, -0.15) is 0 Å². The Bertz CT molecular complexity index is 530. The first-order valence-electron chi connectivity index (χ1n) is 7.05. The molecular formula is C15H20FNO3S. The molecular weight excluding hydrogens is 293 g/mol. The van der Waals surface area contributed by atoms with Crippen molar-refractivity contribution in [1.29, 1.82) is 0 Å². The first-order chi connectivity index (χ1) is 10.1. The highest BCUT2D eigenvalue weighted by atomic mass is 32.2. The molecule has 0 saturated heterocycles. The molecule has 0 aliphatic heterocycles. The second-order valence-corrected chi connectivity index (χ2v) is 6.69. The molecule has 0 unspecified atom stereocenters. The lowest BCUT2D eigenvalue weighted by atomic mass is 10.2. The molecule has 1 amide bonds. The van der Waals surface area contributed by atoms with Gasteiger partial charge >= 0.3 is 0 Å². The van der Waals surface area contributed by atoms with Crippen LogP contribution in [0.3, 0.4) is 0 Å². The molecule has 0 heterocycles. The Morgan fingerprint density at radius 1 is 1.43 bits per heavy atom. The molecule has 1 atom stereocenters. The second kappa shape index (κ2) is 7.54. The Hall–Kier alpha value is -1.43. The van der Waals surface area contributed by atoms with Crippen LogP contribution in [-0.4, -0.2) is 29.0 Å². The quantitative estimate of drug-likeness (QED) is 0.875. The topological polar surface area (TPSA) is 55.4 Å². The number of hydrogen-bond acceptors (Lipinski definition) is 3. The SMILES string of the molecule is COc1ccc(F)cc1C[S@@](=O)CC(=O)NC1CCCC1. The number of amides is 1. The summed E-state index contributed by atoms with van der Waals surface area (Å²) in [6.45, 7) is 0. The van der Waals surface area contributed by atoms with Crippen molar-refractivity contribution in [3.8, 4) is 5.75 Å². The number of hydrogen-bond donors (Lipinski definition) is 1. The summed E-state index contributed by atoms with van der Waals surface area (Å²) < 4.78 is 30.4. The van der Waals surface area contributed by atoms with Crippen molar-refractivity contribution < 1.29 is 18.1 Å². The van der Waals surface area contributed by atoms with E-state index in [4.69, 9.17) is 4.74 Å². The van der Waals surface area contributed by atoms with Crippen LogP contribution in [0.2, 0.25) is 0 Å². The highest BCUT2D eigenvalue weighted by Crippen LogP contribution is 2.21. The maximum Gasteiger partial charge on any atom is 0.232 e. The van der Waals surface area contributed by atoms with Crippen molar-refractivity contribution in [2.24, 2.45) is 0 Å². The van der Waals surface area contributed by atoms with Crippen molar-refractivity contribution in [3.05, 3.63) is 29.6 Å². The maximum atomic E-state index is 13.2. The van der Waals surface area contributed by atoms with Gasteiger partial charge in [-0.3, -0.25) is 9.00 Å². The maximum absolute atomic E-state index is 13.2. The largest absolute Gasteiger partial charge is 0.496 e. The molecule has 4 nitrogen and oxygen atoms in total. The van der Waals surface area contributed by atoms with E-state index in [1.54, 1.807) is 0 Å². The predicted molar refractivity (Wildman–Crippen MR) is 80.1 cm³/mol. The Balaban J connectivity index is 1.89. The molecule has 6 heteroatoms. The molecule has 0 bridgehead atoms. The number of rotatable bonds is 6. The molecule has 1 saturated carbocycles. The first-order valence-corrected chi connectivity index (χ1v) is 8.54. The van der Waals surface area contributed by atoms with Gasteiger partial charge in [0.2, 0.25) is 5.91 Å². The van der Waals surface area contributed by atoms with Gasteiger partial charge in [-0.1, -0.05) is 12.8 Å². The van der Waals surface area contributed by atoms with Gasteiger partial charge in [-0.25, -0.2) is 4.39 Å². The lowest BCUT2D eigenvalue weighted by Gasteiger charge is -2.12. The van der Waals surface area contributed by atoms with Gasteiger partial charge in [-0.05, 0) is 31.0 Å². The van der Waals surface area contributed by atoms with Crippen LogP contribution in [-0.2, 0) is 21.3 Å². The third-order valence-corrected chi connectivity index (χ3v) is 4.79.